The van der Waals surface area contributed by atoms with Gasteiger partial charge in [0.2, 0.25) is 0 Å². The maximum absolute atomic E-state index is 3.67. The van der Waals surface area contributed by atoms with Crippen LogP contribution >= 0.6 is 11.8 Å². The summed E-state index contributed by atoms with van der Waals surface area (Å²) in [5, 5.41) is 6.34. The molecular weight excluding hydrogens is 250 g/mol. The van der Waals surface area contributed by atoms with Crippen molar-refractivity contribution < 1.29 is 0 Å². The van der Waals surface area contributed by atoms with Gasteiger partial charge in [0, 0.05) is 23.2 Å². The second-order valence-corrected chi connectivity index (χ2v) is 6.46. The standard InChI is InChI=1S/C17H21NS/c1-2-6-15-13-17(10-9-14(15)5-1)19-12-11-18-16-7-3-4-8-16/h1-2,5-6,9-10,13,16,18H,3-4,7-8,11-12H2. The number of nitrogens with one attached hydrogen (secondary N) is 1. The Morgan fingerprint density at radius 1 is 1.00 bits per heavy atom. The molecule has 1 aliphatic rings. The first-order chi connectivity index (χ1) is 9.42. The first-order valence-corrected chi connectivity index (χ1v) is 8.25. The van der Waals surface area contributed by atoms with Crippen molar-refractivity contribution in [2.24, 2.45) is 0 Å². The molecule has 2 aromatic carbocycles. The lowest BCUT2D eigenvalue weighted by Gasteiger charge is -2.11. The van der Waals surface area contributed by atoms with Crippen molar-refractivity contribution in [3.8, 4) is 0 Å². The summed E-state index contributed by atoms with van der Waals surface area (Å²) in [6.07, 6.45) is 5.58. The molecule has 2 heteroatoms. The van der Waals surface area contributed by atoms with Crippen LogP contribution in [0.25, 0.3) is 10.8 Å². The highest BCUT2D eigenvalue weighted by Crippen LogP contribution is 2.23. The SMILES string of the molecule is c1ccc2cc(SCCNC3CCCC3)ccc2c1. The van der Waals surface area contributed by atoms with Crippen molar-refractivity contribution in [3.05, 3.63) is 42.5 Å². The van der Waals surface area contributed by atoms with Gasteiger partial charge in [-0.3, -0.25) is 0 Å². The van der Waals surface area contributed by atoms with Crippen molar-refractivity contribution in [1.82, 2.24) is 5.32 Å². The molecule has 100 valence electrons. The maximum Gasteiger partial charge on any atom is 0.0106 e. The largest absolute Gasteiger partial charge is 0.313 e. The number of hydrogen-bond donors (Lipinski definition) is 1. The Bertz CT molecular complexity index is 532. The summed E-state index contributed by atoms with van der Waals surface area (Å²) >= 11 is 1.96. The van der Waals surface area contributed by atoms with Gasteiger partial charge in [0.05, 0.1) is 0 Å². The van der Waals surface area contributed by atoms with Crippen LogP contribution in [0, 0.1) is 0 Å². The molecule has 0 amide bonds. The summed E-state index contributed by atoms with van der Waals surface area (Å²) in [7, 11) is 0. The summed E-state index contributed by atoms with van der Waals surface area (Å²) in [5.74, 6) is 1.16. The van der Waals surface area contributed by atoms with E-state index in [-0.39, 0.29) is 0 Å². The zero-order chi connectivity index (χ0) is 12.9. The Hall–Kier alpha value is -0.990. The summed E-state index contributed by atoms with van der Waals surface area (Å²) in [6, 6.07) is 16.1. The normalized spacial score (nSPS) is 16.2. The fourth-order valence-corrected chi connectivity index (χ4v) is 3.65. The van der Waals surface area contributed by atoms with Gasteiger partial charge in [-0.2, -0.15) is 0 Å². The van der Waals surface area contributed by atoms with Gasteiger partial charge in [-0.25, -0.2) is 0 Å². The van der Waals surface area contributed by atoms with E-state index in [1.54, 1.807) is 0 Å². The summed E-state index contributed by atoms with van der Waals surface area (Å²) in [5.41, 5.74) is 0. The highest BCUT2D eigenvalue weighted by atomic mass is 32.2. The molecule has 0 bridgehead atoms. The third-order valence-electron chi connectivity index (χ3n) is 3.88. The highest BCUT2D eigenvalue weighted by Gasteiger charge is 2.13. The molecule has 0 aliphatic heterocycles. The molecule has 2 aromatic rings. The van der Waals surface area contributed by atoms with Gasteiger partial charge in [0.1, 0.15) is 0 Å². The monoisotopic (exact) mass is 271 g/mol. The van der Waals surface area contributed by atoms with Crippen LogP contribution in [0.15, 0.2) is 47.4 Å². The van der Waals surface area contributed by atoms with E-state index in [2.05, 4.69) is 47.8 Å². The predicted molar refractivity (Wildman–Crippen MR) is 84.9 cm³/mol. The Morgan fingerprint density at radius 2 is 1.79 bits per heavy atom. The Labute approximate surface area is 119 Å². The fourth-order valence-electron chi connectivity index (χ4n) is 2.82. The topological polar surface area (TPSA) is 12.0 Å². The van der Waals surface area contributed by atoms with E-state index in [1.165, 1.54) is 41.4 Å². The predicted octanol–water partition coefficient (Wildman–Crippen LogP) is 4.46. The third-order valence-corrected chi connectivity index (χ3v) is 4.88. The van der Waals surface area contributed by atoms with Gasteiger partial charge < -0.3 is 5.32 Å². The minimum absolute atomic E-state index is 0.789. The van der Waals surface area contributed by atoms with Gasteiger partial charge in [-0.1, -0.05) is 43.2 Å². The fraction of sp³-hybridized carbons (Fsp3) is 0.412. The zero-order valence-electron chi connectivity index (χ0n) is 11.3. The third kappa shape index (κ3) is 3.52. The van der Waals surface area contributed by atoms with E-state index in [0.29, 0.717) is 0 Å². The lowest BCUT2D eigenvalue weighted by atomic mass is 10.1. The first-order valence-electron chi connectivity index (χ1n) is 7.27. The van der Waals surface area contributed by atoms with E-state index >= 15 is 0 Å². The van der Waals surface area contributed by atoms with Crippen LogP contribution in [-0.2, 0) is 0 Å². The van der Waals surface area contributed by atoms with Gasteiger partial charge in [0.15, 0.2) is 0 Å². The quantitative estimate of drug-likeness (QED) is 0.636. The second-order valence-electron chi connectivity index (χ2n) is 5.29. The van der Waals surface area contributed by atoms with Crippen LogP contribution in [-0.4, -0.2) is 18.3 Å². The zero-order valence-corrected chi connectivity index (χ0v) is 12.1. The summed E-state index contributed by atoms with van der Waals surface area (Å²) < 4.78 is 0. The van der Waals surface area contributed by atoms with Crippen molar-refractivity contribution in [1.29, 1.82) is 0 Å². The Morgan fingerprint density at radius 3 is 2.63 bits per heavy atom. The van der Waals surface area contributed by atoms with E-state index in [1.807, 2.05) is 11.8 Å². The van der Waals surface area contributed by atoms with Crippen LogP contribution in [0.3, 0.4) is 0 Å². The molecule has 0 atom stereocenters. The molecule has 19 heavy (non-hydrogen) atoms. The van der Waals surface area contributed by atoms with Gasteiger partial charge in [-0.05, 0) is 35.7 Å². The molecular formula is C17H21NS. The van der Waals surface area contributed by atoms with E-state index in [0.717, 1.165) is 18.3 Å². The van der Waals surface area contributed by atoms with Crippen molar-refractivity contribution >= 4 is 22.5 Å². The molecule has 0 saturated heterocycles. The van der Waals surface area contributed by atoms with Crippen LogP contribution in [0.2, 0.25) is 0 Å². The number of fused-ring (bicyclic) bond motifs is 1. The smallest absolute Gasteiger partial charge is 0.0106 e. The second kappa shape index (κ2) is 6.44. The Kier molecular flexibility index (Phi) is 4.41. The molecule has 0 aromatic heterocycles. The lowest BCUT2D eigenvalue weighted by Crippen LogP contribution is -2.27. The van der Waals surface area contributed by atoms with Crippen LogP contribution in [0.4, 0.5) is 0 Å². The molecule has 1 saturated carbocycles. The van der Waals surface area contributed by atoms with Crippen LogP contribution in [0.5, 0.6) is 0 Å². The van der Waals surface area contributed by atoms with Gasteiger partial charge >= 0.3 is 0 Å². The van der Waals surface area contributed by atoms with Crippen molar-refractivity contribution in [3.63, 3.8) is 0 Å². The van der Waals surface area contributed by atoms with E-state index in [4.69, 9.17) is 0 Å². The summed E-state index contributed by atoms with van der Waals surface area (Å²) in [4.78, 5) is 1.38. The average molecular weight is 271 g/mol. The molecule has 0 radical (unpaired) electrons. The maximum atomic E-state index is 3.67. The molecule has 1 aliphatic carbocycles. The average Bonchev–Trinajstić information content (AvgIpc) is 2.97. The number of hydrogen-bond acceptors (Lipinski definition) is 2. The minimum Gasteiger partial charge on any atom is -0.313 e. The molecule has 3 rings (SSSR count). The number of rotatable bonds is 5. The first kappa shape index (κ1) is 13.0. The highest BCUT2D eigenvalue weighted by molar-refractivity contribution is 7.99. The van der Waals surface area contributed by atoms with Crippen molar-refractivity contribution in [2.75, 3.05) is 12.3 Å². The van der Waals surface area contributed by atoms with Gasteiger partial charge in [0.25, 0.3) is 0 Å². The molecule has 0 spiro atoms. The number of thioether (sulfide) groups is 1. The van der Waals surface area contributed by atoms with E-state index < -0.39 is 0 Å². The molecule has 0 unspecified atom stereocenters. The van der Waals surface area contributed by atoms with E-state index in [9.17, 15) is 0 Å². The van der Waals surface area contributed by atoms with Gasteiger partial charge in [-0.15, -0.1) is 11.8 Å². The Balaban J connectivity index is 1.50. The van der Waals surface area contributed by atoms with Crippen LogP contribution < -0.4 is 5.32 Å². The minimum atomic E-state index is 0.789. The van der Waals surface area contributed by atoms with Crippen molar-refractivity contribution in [2.45, 2.75) is 36.6 Å². The van der Waals surface area contributed by atoms with Crippen LogP contribution in [0.1, 0.15) is 25.7 Å². The summed E-state index contributed by atoms with van der Waals surface area (Å²) in [6.45, 7) is 1.13. The number of benzene rings is 2. The molecule has 0 heterocycles. The lowest BCUT2D eigenvalue weighted by molar-refractivity contribution is 0.545. The molecule has 1 nitrogen and oxygen atoms in total. The molecule has 1 fully saturated rings. The molecule has 1 N–H and O–H groups in total.